The summed E-state index contributed by atoms with van der Waals surface area (Å²) < 4.78 is 38.8. The Morgan fingerprint density at radius 1 is 1.40 bits per heavy atom. The first-order chi connectivity index (χ1) is 9.34. The van der Waals surface area contributed by atoms with Crippen LogP contribution in [0.5, 0.6) is 0 Å². The average molecular weight is 285 g/mol. The molecule has 0 radical (unpaired) electrons. The first-order valence-corrected chi connectivity index (χ1v) is 6.81. The maximum absolute atomic E-state index is 12.9. The Bertz CT molecular complexity index is 498. The highest BCUT2D eigenvalue weighted by Crippen LogP contribution is 2.51. The van der Waals surface area contributed by atoms with Gasteiger partial charge in [-0.25, -0.2) is 0 Å². The fraction of sp³-hybridized carbons (Fsp3) is 0.533. The molecule has 1 N–H and O–H groups in total. The molecule has 20 heavy (non-hydrogen) atoms. The van der Waals surface area contributed by atoms with Crippen molar-refractivity contribution < 1.29 is 18.0 Å². The van der Waals surface area contributed by atoms with E-state index in [0.717, 1.165) is 12.5 Å². The number of rotatable bonds is 4. The lowest BCUT2D eigenvalue weighted by Crippen LogP contribution is -2.33. The second-order valence-electron chi connectivity index (χ2n) is 5.35. The van der Waals surface area contributed by atoms with Gasteiger partial charge in [0.2, 0.25) is 5.91 Å². The van der Waals surface area contributed by atoms with Gasteiger partial charge >= 0.3 is 6.18 Å². The van der Waals surface area contributed by atoms with E-state index in [1.807, 2.05) is 13.8 Å². The van der Waals surface area contributed by atoms with Crippen LogP contribution in [0.15, 0.2) is 24.3 Å². The molecule has 1 saturated carbocycles. The molecule has 0 bridgehead atoms. The van der Waals surface area contributed by atoms with Gasteiger partial charge in [-0.2, -0.15) is 13.2 Å². The second-order valence-corrected chi connectivity index (χ2v) is 5.35. The van der Waals surface area contributed by atoms with Crippen molar-refractivity contribution in [2.45, 2.75) is 44.8 Å². The molecule has 0 spiro atoms. The maximum Gasteiger partial charge on any atom is 0.416 e. The highest BCUT2D eigenvalue weighted by atomic mass is 19.4. The number of carbonyl (C=O) groups excluding carboxylic acids is 1. The van der Waals surface area contributed by atoms with Crippen molar-refractivity contribution in [1.82, 2.24) is 5.32 Å². The minimum atomic E-state index is -4.36. The molecule has 3 atom stereocenters. The van der Waals surface area contributed by atoms with Gasteiger partial charge in [0.05, 0.1) is 5.56 Å². The van der Waals surface area contributed by atoms with Gasteiger partial charge in [0.1, 0.15) is 0 Å². The molecule has 0 aliphatic heterocycles. The Labute approximate surface area is 116 Å². The van der Waals surface area contributed by atoms with Gasteiger partial charge < -0.3 is 5.32 Å². The van der Waals surface area contributed by atoms with Crippen molar-refractivity contribution in [3.8, 4) is 0 Å². The Balaban J connectivity index is 2.11. The van der Waals surface area contributed by atoms with Crippen LogP contribution in [0, 0.1) is 5.92 Å². The number of benzene rings is 1. The summed E-state index contributed by atoms with van der Waals surface area (Å²) in [4.78, 5) is 11.9. The summed E-state index contributed by atoms with van der Waals surface area (Å²) in [7, 11) is 0. The Hall–Kier alpha value is -1.52. The SMILES string of the molecule is CCC(C)NC(=O)C1CC1c1ccccc1C(F)(F)F. The predicted molar refractivity (Wildman–Crippen MR) is 70.2 cm³/mol. The number of hydrogen-bond acceptors (Lipinski definition) is 1. The van der Waals surface area contributed by atoms with E-state index >= 15 is 0 Å². The number of amides is 1. The van der Waals surface area contributed by atoms with Crippen LogP contribution in [0.3, 0.4) is 0 Å². The molecule has 0 heterocycles. The van der Waals surface area contributed by atoms with Gasteiger partial charge in [-0.3, -0.25) is 4.79 Å². The van der Waals surface area contributed by atoms with E-state index in [-0.39, 0.29) is 29.3 Å². The maximum atomic E-state index is 12.9. The molecular formula is C15H18F3NO. The van der Waals surface area contributed by atoms with Crippen molar-refractivity contribution in [3.05, 3.63) is 35.4 Å². The van der Waals surface area contributed by atoms with Crippen LogP contribution in [-0.2, 0) is 11.0 Å². The molecule has 110 valence electrons. The Kier molecular flexibility index (Phi) is 4.06. The van der Waals surface area contributed by atoms with Crippen molar-refractivity contribution in [2.24, 2.45) is 5.92 Å². The fourth-order valence-corrected chi connectivity index (χ4v) is 2.36. The van der Waals surface area contributed by atoms with E-state index in [4.69, 9.17) is 0 Å². The quantitative estimate of drug-likeness (QED) is 0.897. The Morgan fingerprint density at radius 3 is 2.65 bits per heavy atom. The van der Waals surface area contributed by atoms with Gasteiger partial charge in [-0.1, -0.05) is 25.1 Å². The summed E-state index contributed by atoms with van der Waals surface area (Å²) >= 11 is 0. The molecule has 1 fully saturated rings. The average Bonchev–Trinajstić information content (AvgIpc) is 3.17. The molecule has 5 heteroatoms. The first-order valence-electron chi connectivity index (χ1n) is 6.81. The number of carbonyl (C=O) groups is 1. The largest absolute Gasteiger partial charge is 0.416 e. The zero-order valence-corrected chi connectivity index (χ0v) is 11.5. The predicted octanol–water partition coefficient (Wildman–Crippen LogP) is 3.72. The van der Waals surface area contributed by atoms with Crippen molar-refractivity contribution in [3.63, 3.8) is 0 Å². The molecule has 1 aromatic carbocycles. The lowest BCUT2D eigenvalue weighted by Gasteiger charge is -2.13. The van der Waals surface area contributed by atoms with E-state index in [1.165, 1.54) is 12.1 Å². The van der Waals surface area contributed by atoms with Crippen LogP contribution in [0.2, 0.25) is 0 Å². The van der Waals surface area contributed by atoms with E-state index in [9.17, 15) is 18.0 Å². The lowest BCUT2D eigenvalue weighted by atomic mass is 10.0. The summed E-state index contributed by atoms with van der Waals surface area (Å²) in [6.07, 6.45) is -3.06. The number of nitrogens with one attached hydrogen (secondary N) is 1. The third kappa shape index (κ3) is 3.14. The van der Waals surface area contributed by atoms with Gasteiger partial charge in [0.25, 0.3) is 0 Å². The van der Waals surface area contributed by atoms with Gasteiger partial charge in [0.15, 0.2) is 0 Å². The van der Waals surface area contributed by atoms with Gasteiger partial charge in [-0.05, 0) is 37.3 Å². The molecule has 0 aromatic heterocycles. The second kappa shape index (κ2) is 5.46. The molecule has 1 aliphatic carbocycles. The van der Waals surface area contributed by atoms with E-state index in [1.54, 1.807) is 6.07 Å². The van der Waals surface area contributed by atoms with E-state index in [0.29, 0.717) is 6.42 Å². The molecule has 2 rings (SSSR count). The van der Waals surface area contributed by atoms with E-state index < -0.39 is 11.7 Å². The number of hydrogen-bond donors (Lipinski definition) is 1. The van der Waals surface area contributed by atoms with Crippen LogP contribution in [-0.4, -0.2) is 11.9 Å². The van der Waals surface area contributed by atoms with Crippen LogP contribution < -0.4 is 5.32 Å². The number of halogens is 3. The van der Waals surface area contributed by atoms with Crippen LogP contribution in [0.4, 0.5) is 13.2 Å². The highest BCUT2D eigenvalue weighted by Gasteiger charge is 2.47. The van der Waals surface area contributed by atoms with Gasteiger partial charge in [0, 0.05) is 12.0 Å². The monoisotopic (exact) mass is 285 g/mol. The topological polar surface area (TPSA) is 29.1 Å². The van der Waals surface area contributed by atoms with Crippen LogP contribution in [0.25, 0.3) is 0 Å². The standard InChI is InChI=1S/C15H18F3NO/c1-3-9(2)19-14(20)12-8-11(12)10-6-4-5-7-13(10)15(16,17)18/h4-7,9,11-12H,3,8H2,1-2H3,(H,19,20). The number of alkyl halides is 3. The zero-order chi connectivity index (χ0) is 14.9. The molecule has 2 nitrogen and oxygen atoms in total. The van der Waals surface area contributed by atoms with Crippen molar-refractivity contribution in [1.29, 1.82) is 0 Å². The molecule has 1 aromatic rings. The highest BCUT2D eigenvalue weighted by molar-refractivity contribution is 5.83. The summed E-state index contributed by atoms with van der Waals surface area (Å²) in [6.45, 7) is 3.84. The Morgan fingerprint density at radius 2 is 2.05 bits per heavy atom. The van der Waals surface area contributed by atoms with Crippen LogP contribution >= 0.6 is 0 Å². The molecular weight excluding hydrogens is 267 g/mol. The smallest absolute Gasteiger partial charge is 0.353 e. The van der Waals surface area contributed by atoms with E-state index in [2.05, 4.69) is 5.32 Å². The zero-order valence-electron chi connectivity index (χ0n) is 11.5. The molecule has 1 amide bonds. The summed E-state index contributed by atoms with van der Waals surface area (Å²) in [6, 6.07) is 5.58. The minimum Gasteiger partial charge on any atom is -0.353 e. The molecule has 3 unspecified atom stereocenters. The normalized spacial score (nSPS) is 23.2. The van der Waals surface area contributed by atoms with Crippen molar-refractivity contribution in [2.75, 3.05) is 0 Å². The molecule has 1 aliphatic rings. The summed E-state index contributed by atoms with van der Waals surface area (Å²) in [5.74, 6) is -0.772. The minimum absolute atomic E-state index is 0.0570. The summed E-state index contributed by atoms with van der Waals surface area (Å²) in [5, 5.41) is 2.83. The van der Waals surface area contributed by atoms with Gasteiger partial charge in [-0.15, -0.1) is 0 Å². The van der Waals surface area contributed by atoms with Crippen LogP contribution in [0.1, 0.15) is 43.7 Å². The third-order valence-electron chi connectivity index (χ3n) is 3.79. The lowest BCUT2D eigenvalue weighted by molar-refractivity contribution is -0.138. The first kappa shape index (κ1) is 14.9. The summed E-state index contributed by atoms with van der Waals surface area (Å²) in [5.41, 5.74) is -0.381. The third-order valence-corrected chi connectivity index (χ3v) is 3.79. The fourth-order valence-electron chi connectivity index (χ4n) is 2.36. The molecule has 0 saturated heterocycles. The van der Waals surface area contributed by atoms with Crippen molar-refractivity contribution >= 4 is 5.91 Å².